The van der Waals surface area contributed by atoms with E-state index in [0.717, 1.165) is 41.8 Å². The van der Waals surface area contributed by atoms with Crippen molar-refractivity contribution in [3.8, 4) is 23.0 Å². The minimum atomic E-state index is -2.01. The lowest BCUT2D eigenvalue weighted by molar-refractivity contribution is -0.134. The summed E-state index contributed by atoms with van der Waals surface area (Å²) in [6.07, 6.45) is -4.38. The van der Waals surface area contributed by atoms with E-state index in [0.29, 0.717) is 58.2 Å². The Morgan fingerprint density at radius 2 is 1.43 bits per heavy atom. The largest absolute Gasteiger partial charge is 0.480 e. The molecule has 0 spiro atoms. The number of hydrogen-bond donors (Lipinski definition) is 6. The fraction of sp³-hybridized carbons (Fsp3) is 0.295. The molecule has 1 aliphatic heterocycles. The molecule has 0 bridgehead atoms. The number of rotatable bonds is 17. The number of para-hydroxylation sites is 1. The second-order valence-corrected chi connectivity index (χ2v) is 15.9. The predicted molar refractivity (Wildman–Crippen MR) is 232 cm³/mol. The number of amides is 2. The number of carbonyl (C=O) groups excluding carboxylic acids is 3. The molecule has 0 aliphatic carbocycles. The molecule has 2 atom stereocenters. The van der Waals surface area contributed by atoms with Crippen molar-refractivity contribution in [3.63, 3.8) is 0 Å². The summed E-state index contributed by atoms with van der Waals surface area (Å²) < 4.78 is 15.6. The number of nitrogens with one attached hydrogen (secondary N) is 2. The highest BCUT2D eigenvalue weighted by Gasteiger charge is 2.34. The van der Waals surface area contributed by atoms with E-state index < -0.39 is 36.5 Å². The van der Waals surface area contributed by atoms with Crippen LogP contribution >= 0.6 is 11.8 Å². The number of Topliss-reactive ketones (excluding diaryl/α,β-unsaturated/α-hetero) is 1. The minimum Gasteiger partial charge on any atom is -0.480 e. The van der Waals surface area contributed by atoms with Gasteiger partial charge in [0, 0.05) is 35.6 Å². The Morgan fingerprint density at radius 3 is 2.05 bits per heavy atom. The number of nitrogens with zero attached hydrogens (tertiary/aromatic N) is 7. The van der Waals surface area contributed by atoms with E-state index in [1.807, 2.05) is 69.3 Å². The smallest absolute Gasteiger partial charge is 0.273 e. The van der Waals surface area contributed by atoms with Gasteiger partial charge in [0.05, 0.1) is 11.4 Å². The van der Waals surface area contributed by atoms with Crippen LogP contribution in [0.25, 0.3) is 11.4 Å². The maximum atomic E-state index is 14.0. The van der Waals surface area contributed by atoms with Crippen LogP contribution in [0.3, 0.4) is 0 Å². The molecule has 1 aliphatic rings. The van der Waals surface area contributed by atoms with Crippen LogP contribution < -0.4 is 25.0 Å². The Hall–Kier alpha value is -6.64. The molecular formula is C44H47N9O9S. The summed E-state index contributed by atoms with van der Waals surface area (Å²) in [7, 11) is 0. The lowest BCUT2D eigenvalue weighted by Crippen LogP contribution is -2.39. The number of aliphatic hydroxyl groups excluding tert-OH is 2. The number of aliphatic hydroxyl groups is 4. The monoisotopic (exact) mass is 877 g/mol. The molecule has 3 heterocycles. The standard InChI is InChI=1S/C44H47N9O9S/c1-5-34(61-35-18-13-25(2)21-26(35)3)39(55)45-30-14-16-33(17-15-30)52-41(62-36(27(4)54)40(56)46-31-23-28(42(57)58)22-29(24-31)43(59)60)37(38(48-52)51-19-9-10-20-51)63-44-47-49-50-53(44)32-11-7-6-8-12-32/h6-8,11-18,21-24,34,36,42-43,57-60H,5,9-10,19-20H2,1-4H3,(H,45,55)(H,46,56). The van der Waals surface area contributed by atoms with Gasteiger partial charge in [-0.05, 0) is 128 Å². The van der Waals surface area contributed by atoms with E-state index in [-0.39, 0.29) is 28.6 Å². The van der Waals surface area contributed by atoms with Gasteiger partial charge in [-0.15, -0.1) is 10.2 Å². The number of ketones is 1. The number of aromatic nitrogens is 6. The summed E-state index contributed by atoms with van der Waals surface area (Å²) in [6, 6.07) is 25.3. The molecule has 1 saturated heterocycles. The van der Waals surface area contributed by atoms with Crippen LogP contribution in [0.1, 0.15) is 67.9 Å². The molecule has 63 heavy (non-hydrogen) atoms. The van der Waals surface area contributed by atoms with Crippen molar-refractivity contribution in [3.05, 3.63) is 113 Å². The van der Waals surface area contributed by atoms with Crippen LogP contribution in [-0.4, -0.2) is 93.3 Å². The number of benzene rings is 4. The summed E-state index contributed by atoms with van der Waals surface area (Å²) in [5.41, 5.74) is 3.25. The Labute approximate surface area is 366 Å². The van der Waals surface area contributed by atoms with Gasteiger partial charge in [-0.2, -0.15) is 9.36 Å². The fourth-order valence-electron chi connectivity index (χ4n) is 6.95. The number of tetrazole rings is 1. The SMILES string of the molecule is CCC(Oc1ccc(C)cc1C)C(=O)Nc1ccc(-n2nc(N3CCCC3)c(Sc3nnnn3-c3ccccc3)c2OC(C(C)=O)C(=O)Nc2cc(C(O)O)cc(C(O)O)c2)cc1. The van der Waals surface area contributed by atoms with Gasteiger partial charge in [0.2, 0.25) is 17.1 Å². The van der Waals surface area contributed by atoms with E-state index in [1.165, 1.54) is 28.4 Å². The lowest BCUT2D eigenvalue weighted by atomic mass is 10.1. The van der Waals surface area contributed by atoms with Crippen LogP contribution in [-0.2, 0) is 14.4 Å². The van der Waals surface area contributed by atoms with Gasteiger partial charge in [0.1, 0.15) is 10.6 Å². The highest BCUT2D eigenvalue weighted by molar-refractivity contribution is 7.99. The van der Waals surface area contributed by atoms with Crippen LogP contribution in [0.4, 0.5) is 17.2 Å². The Morgan fingerprint density at radius 1 is 0.778 bits per heavy atom. The summed E-state index contributed by atoms with van der Waals surface area (Å²) >= 11 is 1.12. The van der Waals surface area contributed by atoms with Crippen molar-refractivity contribution in [1.29, 1.82) is 0 Å². The van der Waals surface area contributed by atoms with Crippen molar-refractivity contribution in [2.24, 2.45) is 0 Å². The minimum absolute atomic E-state index is 0.00411. The predicted octanol–water partition coefficient (Wildman–Crippen LogP) is 4.95. The summed E-state index contributed by atoms with van der Waals surface area (Å²) in [4.78, 5) is 43.4. The molecule has 0 saturated carbocycles. The molecule has 328 valence electrons. The molecule has 7 rings (SSSR count). The van der Waals surface area contributed by atoms with Gasteiger partial charge in [-0.3, -0.25) is 14.4 Å². The molecule has 2 unspecified atom stereocenters. The quantitative estimate of drug-likeness (QED) is 0.0525. The van der Waals surface area contributed by atoms with Gasteiger partial charge in [0.15, 0.2) is 30.3 Å². The van der Waals surface area contributed by atoms with Crippen molar-refractivity contribution in [2.45, 2.75) is 81.8 Å². The lowest BCUT2D eigenvalue weighted by Gasteiger charge is -2.20. The Bertz CT molecular complexity index is 2550. The molecule has 1 fully saturated rings. The first kappa shape index (κ1) is 44.4. The normalized spacial score (nSPS) is 13.6. The maximum absolute atomic E-state index is 14.0. The molecule has 19 heteroatoms. The average molecular weight is 878 g/mol. The Balaban J connectivity index is 1.26. The molecular weight excluding hydrogens is 831 g/mol. The van der Waals surface area contributed by atoms with Gasteiger partial charge >= 0.3 is 0 Å². The van der Waals surface area contributed by atoms with E-state index >= 15 is 0 Å². The molecule has 0 radical (unpaired) electrons. The van der Waals surface area contributed by atoms with Gasteiger partial charge in [-0.1, -0.05) is 42.8 Å². The van der Waals surface area contributed by atoms with Gasteiger partial charge < -0.3 is 45.4 Å². The summed E-state index contributed by atoms with van der Waals surface area (Å²) in [6.45, 7) is 8.27. The van der Waals surface area contributed by atoms with Crippen LogP contribution in [0.2, 0.25) is 0 Å². The first-order valence-corrected chi connectivity index (χ1v) is 21.0. The molecule has 6 N–H and O–H groups in total. The van der Waals surface area contributed by atoms with E-state index in [9.17, 15) is 34.8 Å². The fourth-order valence-corrected chi connectivity index (χ4v) is 7.92. The maximum Gasteiger partial charge on any atom is 0.273 e. The van der Waals surface area contributed by atoms with Crippen molar-refractivity contribution in [2.75, 3.05) is 28.6 Å². The topological polar surface area (TPSA) is 239 Å². The zero-order chi connectivity index (χ0) is 44.8. The van der Waals surface area contributed by atoms with E-state index in [4.69, 9.17) is 14.6 Å². The summed E-state index contributed by atoms with van der Waals surface area (Å²) in [5.74, 6) is -0.882. The first-order chi connectivity index (χ1) is 30.3. The van der Waals surface area contributed by atoms with Crippen LogP contribution in [0, 0.1) is 13.8 Å². The van der Waals surface area contributed by atoms with Crippen LogP contribution in [0.15, 0.2) is 101 Å². The zero-order valence-electron chi connectivity index (χ0n) is 34.9. The average Bonchev–Trinajstić information content (AvgIpc) is 4.04. The number of hydrogen-bond acceptors (Lipinski definition) is 15. The second-order valence-electron chi connectivity index (χ2n) is 14.9. The van der Waals surface area contributed by atoms with E-state index in [1.54, 1.807) is 24.3 Å². The highest BCUT2D eigenvalue weighted by atomic mass is 32.2. The summed E-state index contributed by atoms with van der Waals surface area (Å²) in [5, 5.41) is 62.7. The Kier molecular flexibility index (Phi) is 13.8. The highest BCUT2D eigenvalue weighted by Crippen LogP contribution is 2.44. The molecule has 2 amide bonds. The number of anilines is 3. The molecule has 4 aromatic carbocycles. The zero-order valence-corrected chi connectivity index (χ0v) is 35.7. The van der Waals surface area contributed by atoms with Crippen molar-refractivity contribution in [1.82, 2.24) is 30.0 Å². The van der Waals surface area contributed by atoms with Gasteiger partial charge in [0.25, 0.3) is 11.8 Å². The number of ether oxygens (including phenoxy) is 2. The molecule has 2 aromatic heterocycles. The third-order valence-corrected chi connectivity index (χ3v) is 11.1. The third-order valence-electron chi connectivity index (χ3n) is 10.1. The van der Waals surface area contributed by atoms with Crippen molar-refractivity contribution >= 4 is 46.6 Å². The third kappa shape index (κ3) is 10.4. The molecule has 6 aromatic rings. The first-order valence-electron chi connectivity index (χ1n) is 20.2. The molecule has 18 nitrogen and oxygen atoms in total. The van der Waals surface area contributed by atoms with E-state index in [2.05, 4.69) is 31.1 Å². The second kappa shape index (κ2) is 19.6. The van der Waals surface area contributed by atoms with Crippen molar-refractivity contribution < 1.29 is 44.3 Å². The van der Waals surface area contributed by atoms with Crippen LogP contribution in [0.5, 0.6) is 11.6 Å². The number of aryl methyl sites for hydroxylation is 2. The van der Waals surface area contributed by atoms with Gasteiger partial charge in [-0.25, -0.2) is 0 Å². The number of carbonyl (C=O) groups is 3.